The summed E-state index contributed by atoms with van der Waals surface area (Å²) in [5.41, 5.74) is 6.49. The second kappa shape index (κ2) is 6.90. The van der Waals surface area contributed by atoms with Crippen molar-refractivity contribution in [1.82, 2.24) is 4.90 Å². The standard InChI is InChI=1S/C16H26N2O2S/c1-13-7-8-18(14(2)11-13)9-10-21(19,20)16-5-3-15(12-17)4-6-16/h3-6,13-14H,7-12,17H2,1-2H3. The van der Waals surface area contributed by atoms with Crippen molar-refractivity contribution < 1.29 is 8.42 Å². The first-order valence-electron chi connectivity index (χ1n) is 7.68. The van der Waals surface area contributed by atoms with Gasteiger partial charge in [-0.3, -0.25) is 4.90 Å². The molecule has 1 aliphatic rings. The Balaban J connectivity index is 1.97. The number of hydrogen-bond donors (Lipinski definition) is 1. The third kappa shape index (κ3) is 4.28. The molecule has 0 radical (unpaired) electrons. The number of nitrogens with two attached hydrogens (primary N) is 1. The molecule has 21 heavy (non-hydrogen) atoms. The summed E-state index contributed by atoms with van der Waals surface area (Å²) in [6, 6.07) is 7.39. The molecule has 1 saturated heterocycles. The highest BCUT2D eigenvalue weighted by Gasteiger charge is 2.24. The van der Waals surface area contributed by atoms with Crippen LogP contribution < -0.4 is 5.73 Å². The van der Waals surface area contributed by atoms with E-state index in [2.05, 4.69) is 18.7 Å². The normalized spacial score (nSPS) is 24.1. The Kier molecular flexibility index (Phi) is 5.41. The summed E-state index contributed by atoms with van der Waals surface area (Å²) >= 11 is 0. The van der Waals surface area contributed by atoms with Gasteiger partial charge in [-0.15, -0.1) is 0 Å². The highest BCUT2D eigenvalue weighted by molar-refractivity contribution is 7.91. The van der Waals surface area contributed by atoms with E-state index >= 15 is 0 Å². The van der Waals surface area contributed by atoms with Crippen molar-refractivity contribution in [3.8, 4) is 0 Å². The van der Waals surface area contributed by atoms with Crippen molar-refractivity contribution in [1.29, 1.82) is 0 Å². The minimum atomic E-state index is -3.20. The number of benzene rings is 1. The maximum atomic E-state index is 12.4. The molecular weight excluding hydrogens is 284 g/mol. The molecule has 4 nitrogen and oxygen atoms in total. The van der Waals surface area contributed by atoms with Gasteiger partial charge in [0, 0.05) is 19.1 Å². The molecule has 2 atom stereocenters. The van der Waals surface area contributed by atoms with Crippen molar-refractivity contribution >= 4 is 9.84 Å². The quantitative estimate of drug-likeness (QED) is 0.904. The Labute approximate surface area is 128 Å². The topological polar surface area (TPSA) is 63.4 Å². The Morgan fingerprint density at radius 2 is 1.90 bits per heavy atom. The lowest BCUT2D eigenvalue weighted by Crippen LogP contribution is -2.42. The fourth-order valence-electron chi connectivity index (χ4n) is 2.98. The molecule has 2 rings (SSSR count). The molecule has 1 aromatic carbocycles. The van der Waals surface area contributed by atoms with Gasteiger partial charge in [-0.05, 0) is 49.9 Å². The molecule has 0 amide bonds. The van der Waals surface area contributed by atoms with Gasteiger partial charge in [-0.25, -0.2) is 8.42 Å². The highest BCUT2D eigenvalue weighted by Crippen LogP contribution is 2.22. The van der Waals surface area contributed by atoms with Gasteiger partial charge in [0.05, 0.1) is 10.6 Å². The van der Waals surface area contributed by atoms with Crippen LogP contribution in [0.25, 0.3) is 0 Å². The molecule has 118 valence electrons. The van der Waals surface area contributed by atoms with E-state index in [1.165, 1.54) is 0 Å². The molecule has 1 aliphatic heterocycles. The van der Waals surface area contributed by atoms with Gasteiger partial charge in [0.2, 0.25) is 0 Å². The smallest absolute Gasteiger partial charge is 0.179 e. The van der Waals surface area contributed by atoms with Gasteiger partial charge in [0.15, 0.2) is 9.84 Å². The monoisotopic (exact) mass is 310 g/mol. The van der Waals surface area contributed by atoms with Gasteiger partial charge in [-0.2, -0.15) is 0 Å². The van der Waals surface area contributed by atoms with Crippen molar-refractivity contribution in [2.24, 2.45) is 11.7 Å². The summed E-state index contributed by atoms with van der Waals surface area (Å²) in [4.78, 5) is 2.70. The SMILES string of the molecule is CC1CCN(CCS(=O)(=O)c2ccc(CN)cc2)C(C)C1. The van der Waals surface area contributed by atoms with Crippen LogP contribution in [0.1, 0.15) is 32.3 Å². The Morgan fingerprint density at radius 3 is 2.48 bits per heavy atom. The first kappa shape index (κ1) is 16.5. The molecule has 1 heterocycles. The molecule has 2 N–H and O–H groups in total. The van der Waals surface area contributed by atoms with Crippen molar-refractivity contribution in [2.45, 2.75) is 44.2 Å². The lowest BCUT2D eigenvalue weighted by atomic mass is 9.93. The Bertz CT molecular complexity index is 554. The van der Waals surface area contributed by atoms with E-state index in [1.54, 1.807) is 24.3 Å². The van der Waals surface area contributed by atoms with E-state index in [0.29, 0.717) is 24.0 Å². The molecular formula is C16H26N2O2S. The average molecular weight is 310 g/mol. The Morgan fingerprint density at radius 1 is 1.24 bits per heavy atom. The van der Waals surface area contributed by atoms with Crippen molar-refractivity contribution in [3.05, 3.63) is 29.8 Å². The number of nitrogens with zero attached hydrogens (tertiary/aromatic N) is 1. The fraction of sp³-hybridized carbons (Fsp3) is 0.625. The van der Waals surface area contributed by atoms with Crippen LogP contribution in [0.5, 0.6) is 0 Å². The van der Waals surface area contributed by atoms with Gasteiger partial charge < -0.3 is 5.73 Å². The van der Waals surface area contributed by atoms with E-state index in [9.17, 15) is 8.42 Å². The molecule has 1 aromatic rings. The second-order valence-corrected chi connectivity index (χ2v) is 8.29. The van der Waals surface area contributed by atoms with E-state index in [0.717, 1.165) is 30.9 Å². The summed E-state index contributed by atoms with van der Waals surface area (Å²) in [7, 11) is -3.20. The summed E-state index contributed by atoms with van der Waals surface area (Å²) in [6.45, 7) is 6.52. The number of hydrogen-bond acceptors (Lipinski definition) is 4. The van der Waals surface area contributed by atoms with Crippen molar-refractivity contribution in [2.75, 3.05) is 18.8 Å². The first-order valence-corrected chi connectivity index (χ1v) is 9.33. The van der Waals surface area contributed by atoms with Crippen LogP contribution in [0.4, 0.5) is 0 Å². The third-order valence-electron chi connectivity index (χ3n) is 4.44. The van der Waals surface area contributed by atoms with Gasteiger partial charge in [0.1, 0.15) is 0 Å². The number of rotatable bonds is 5. The molecule has 0 spiro atoms. The minimum absolute atomic E-state index is 0.188. The first-order chi connectivity index (χ1) is 9.92. The van der Waals surface area contributed by atoms with Crippen LogP contribution in [0.3, 0.4) is 0 Å². The van der Waals surface area contributed by atoms with Crippen LogP contribution in [0.2, 0.25) is 0 Å². The predicted molar refractivity (Wildman–Crippen MR) is 85.8 cm³/mol. The van der Waals surface area contributed by atoms with Gasteiger partial charge in [-0.1, -0.05) is 19.1 Å². The third-order valence-corrected chi connectivity index (χ3v) is 6.15. The largest absolute Gasteiger partial charge is 0.326 e. The van der Waals surface area contributed by atoms with Crippen LogP contribution >= 0.6 is 0 Å². The molecule has 2 unspecified atom stereocenters. The fourth-order valence-corrected chi connectivity index (χ4v) is 4.24. The van der Waals surface area contributed by atoms with Gasteiger partial charge >= 0.3 is 0 Å². The lowest BCUT2D eigenvalue weighted by Gasteiger charge is -2.36. The summed E-state index contributed by atoms with van der Waals surface area (Å²) in [5.74, 6) is 0.935. The summed E-state index contributed by atoms with van der Waals surface area (Å²) in [5, 5.41) is 0. The molecule has 5 heteroatoms. The number of sulfone groups is 1. The molecule has 0 saturated carbocycles. The summed E-state index contributed by atoms with van der Waals surface area (Å²) < 4.78 is 24.8. The van der Waals surface area contributed by atoms with Crippen LogP contribution in [0.15, 0.2) is 29.2 Å². The highest BCUT2D eigenvalue weighted by atomic mass is 32.2. The van der Waals surface area contributed by atoms with Crippen LogP contribution in [-0.4, -0.2) is 38.2 Å². The maximum absolute atomic E-state index is 12.4. The minimum Gasteiger partial charge on any atom is -0.326 e. The zero-order valence-corrected chi connectivity index (χ0v) is 13.8. The zero-order valence-electron chi connectivity index (χ0n) is 13.0. The van der Waals surface area contributed by atoms with E-state index < -0.39 is 9.84 Å². The molecule has 1 fully saturated rings. The zero-order chi connectivity index (χ0) is 15.5. The van der Waals surface area contributed by atoms with E-state index in [1.807, 2.05) is 0 Å². The molecule has 0 aliphatic carbocycles. The second-order valence-electron chi connectivity index (χ2n) is 6.18. The average Bonchev–Trinajstić information content (AvgIpc) is 2.46. The molecule has 0 bridgehead atoms. The number of piperidine rings is 1. The van der Waals surface area contributed by atoms with Gasteiger partial charge in [0.25, 0.3) is 0 Å². The van der Waals surface area contributed by atoms with E-state index in [-0.39, 0.29) is 5.75 Å². The Hall–Kier alpha value is -0.910. The predicted octanol–water partition coefficient (Wildman–Crippen LogP) is 2.04. The van der Waals surface area contributed by atoms with Crippen LogP contribution in [-0.2, 0) is 16.4 Å². The van der Waals surface area contributed by atoms with E-state index in [4.69, 9.17) is 5.73 Å². The lowest BCUT2D eigenvalue weighted by molar-refractivity contribution is 0.137. The molecule has 0 aromatic heterocycles. The summed E-state index contributed by atoms with van der Waals surface area (Å²) in [6.07, 6.45) is 2.32. The van der Waals surface area contributed by atoms with Crippen molar-refractivity contribution in [3.63, 3.8) is 0 Å². The maximum Gasteiger partial charge on any atom is 0.179 e. The number of likely N-dealkylation sites (tertiary alicyclic amines) is 1. The van der Waals surface area contributed by atoms with Crippen LogP contribution in [0, 0.1) is 5.92 Å².